The van der Waals surface area contributed by atoms with Gasteiger partial charge in [0.15, 0.2) is 17.5 Å². The normalized spacial score (nSPS) is 12.7. The molecule has 5 heteroatoms. The highest BCUT2D eigenvalue weighted by molar-refractivity contribution is 5.79. The maximum atomic E-state index is 5.93. The van der Waals surface area contributed by atoms with Crippen molar-refractivity contribution in [2.45, 2.75) is 32.8 Å². The highest BCUT2D eigenvalue weighted by Crippen LogP contribution is 2.26. The van der Waals surface area contributed by atoms with Crippen LogP contribution >= 0.6 is 0 Å². The number of aliphatic imine (C=N–C) groups is 1. The molecule has 0 aliphatic heterocycles. The van der Waals surface area contributed by atoms with Crippen molar-refractivity contribution in [1.29, 1.82) is 0 Å². The van der Waals surface area contributed by atoms with Crippen LogP contribution in [0.2, 0.25) is 0 Å². The molecule has 0 spiro atoms. The first-order valence-corrected chi connectivity index (χ1v) is 7.83. The van der Waals surface area contributed by atoms with E-state index in [1.807, 2.05) is 31.2 Å². The quantitative estimate of drug-likeness (QED) is 0.592. The number of nitrogens with zero attached hydrogens (tertiary/aromatic N) is 2. The third kappa shape index (κ3) is 5.84. The first kappa shape index (κ1) is 18.1. The zero-order valence-corrected chi connectivity index (χ0v) is 14.4. The molecule has 0 amide bonds. The first-order chi connectivity index (χ1) is 10.6. The summed E-state index contributed by atoms with van der Waals surface area (Å²) in [6.07, 6.45) is 2.34. The van der Waals surface area contributed by atoms with Crippen LogP contribution in [0.1, 0.15) is 26.7 Å². The van der Waals surface area contributed by atoms with Crippen molar-refractivity contribution >= 4 is 5.96 Å². The maximum Gasteiger partial charge on any atom is 0.193 e. The summed E-state index contributed by atoms with van der Waals surface area (Å²) in [5.74, 6) is 2.40. The Labute approximate surface area is 134 Å². The number of benzene rings is 1. The minimum Gasteiger partial charge on any atom is -0.493 e. The third-order valence-electron chi connectivity index (χ3n) is 3.37. The summed E-state index contributed by atoms with van der Waals surface area (Å²) in [6, 6.07) is 7.68. The van der Waals surface area contributed by atoms with Crippen LogP contribution in [-0.4, -0.2) is 51.3 Å². The van der Waals surface area contributed by atoms with Crippen molar-refractivity contribution in [3.05, 3.63) is 24.3 Å². The monoisotopic (exact) mass is 307 g/mol. The fourth-order valence-corrected chi connectivity index (χ4v) is 2.10. The van der Waals surface area contributed by atoms with Gasteiger partial charge in [-0.1, -0.05) is 25.5 Å². The number of rotatable bonds is 8. The van der Waals surface area contributed by atoms with Crippen LogP contribution in [0.25, 0.3) is 0 Å². The summed E-state index contributed by atoms with van der Waals surface area (Å²) in [7, 11) is 5.50. The molecule has 1 aromatic rings. The number of para-hydroxylation sites is 2. The van der Waals surface area contributed by atoms with Crippen molar-refractivity contribution in [2.24, 2.45) is 4.99 Å². The van der Waals surface area contributed by atoms with Crippen molar-refractivity contribution in [1.82, 2.24) is 10.2 Å². The van der Waals surface area contributed by atoms with Gasteiger partial charge >= 0.3 is 0 Å². The second kappa shape index (κ2) is 9.92. The number of hydrogen-bond donors (Lipinski definition) is 1. The van der Waals surface area contributed by atoms with E-state index in [2.05, 4.69) is 29.2 Å². The van der Waals surface area contributed by atoms with Gasteiger partial charge in [-0.25, -0.2) is 0 Å². The van der Waals surface area contributed by atoms with Gasteiger partial charge in [-0.15, -0.1) is 0 Å². The molecule has 0 bridgehead atoms. The lowest BCUT2D eigenvalue weighted by Gasteiger charge is -2.24. The van der Waals surface area contributed by atoms with Crippen molar-refractivity contribution < 1.29 is 9.47 Å². The molecular formula is C17H29N3O2. The summed E-state index contributed by atoms with van der Waals surface area (Å²) in [5, 5.41) is 3.35. The Morgan fingerprint density at radius 2 is 2.00 bits per heavy atom. The van der Waals surface area contributed by atoms with E-state index in [1.54, 1.807) is 14.2 Å². The third-order valence-corrected chi connectivity index (χ3v) is 3.37. The lowest BCUT2D eigenvalue weighted by molar-refractivity contribution is 0.212. The molecule has 5 nitrogen and oxygen atoms in total. The van der Waals surface area contributed by atoms with E-state index in [9.17, 15) is 0 Å². The van der Waals surface area contributed by atoms with Crippen molar-refractivity contribution in [3.8, 4) is 11.5 Å². The smallest absolute Gasteiger partial charge is 0.193 e. The molecule has 124 valence electrons. The molecule has 1 N–H and O–H groups in total. The lowest BCUT2D eigenvalue weighted by atomic mass is 10.3. The molecule has 0 aromatic heterocycles. The fraction of sp³-hybridized carbons (Fsp3) is 0.588. The minimum atomic E-state index is 0.00706. The number of nitrogens with one attached hydrogen (secondary N) is 1. The molecule has 22 heavy (non-hydrogen) atoms. The molecule has 0 aliphatic rings. The van der Waals surface area contributed by atoms with E-state index < -0.39 is 0 Å². The van der Waals surface area contributed by atoms with Crippen LogP contribution < -0.4 is 14.8 Å². The second-order valence-electron chi connectivity index (χ2n) is 5.28. The summed E-state index contributed by atoms with van der Waals surface area (Å²) in [4.78, 5) is 6.44. The van der Waals surface area contributed by atoms with Gasteiger partial charge in [-0.05, 0) is 25.5 Å². The summed E-state index contributed by atoms with van der Waals surface area (Å²) in [5.41, 5.74) is 0. The van der Waals surface area contributed by atoms with E-state index in [0.29, 0.717) is 6.54 Å². The number of hydrogen-bond acceptors (Lipinski definition) is 3. The predicted octanol–water partition coefficient (Wildman–Crippen LogP) is 2.77. The van der Waals surface area contributed by atoms with E-state index in [1.165, 1.54) is 6.42 Å². The summed E-state index contributed by atoms with van der Waals surface area (Å²) < 4.78 is 11.2. The maximum absolute atomic E-state index is 5.93. The second-order valence-corrected chi connectivity index (χ2v) is 5.28. The van der Waals surface area contributed by atoms with Gasteiger partial charge in [0.1, 0.15) is 6.10 Å². The highest BCUT2D eigenvalue weighted by atomic mass is 16.5. The van der Waals surface area contributed by atoms with Crippen molar-refractivity contribution in [3.63, 3.8) is 0 Å². The molecule has 1 aromatic carbocycles. The van der Waals surface area contributed by atoms with Crippen LogP contribution in [0, 0.1) is 0 Å². The molecule has 0 fully saturated rings. The van der Waals surface area contributed by atoms with Gasteiger partial charge < -0.3 is 19.7 Å². The Balaban J connectivity index is 2.49. The molecule has 1 unspecified atom stereocenters. The van der Waals surface area contributed by atoms with Gasteiger partial charge in [0, 0.05) is 20.6 Å². The summed E-state index contributed by atoms with van der Waals surface area (Å²) in [6.45, 7) is 5.89. The van der Waals surface area contributed by atoms with E-state index >= 15 is 0 Å². The van der Waals surface area contributed by atoms with Crippen molar-refractivity contribution in [2.75, 3.05) is 34.3 Å². The fourth-order valence-electron chi connectivity index (χ4n) is 2.10. The zero-order valence-electron chi connectivity index (χ0n) is 14.4. The van der Waals surface area contributed by atoms with E-state index in [0.717, 1.165) is 30.4 Å². The molecule has 0 saturated carbocycles. The SMILES string of the molecule is CCCCN(C)C(=NC)NCC(C)Oc1ccccc1OC. The van der Waals surface area contributed by atoms with Gasteiger partial charge in [-0.3, -0.25) is 4.99 Å². The molecule has 0 saturated heterocycles. The van der Waals surface area contributed by atoms with E-state index in [4.69, 9.17) is 9.47 Å². The van der Waals surface area contributed by atoms with Crippen LogP contribution in [0.4, 0.5) is 0 Å². The van der Waals surface area contributed by atoms with Crippen LogP contribution in [-0.2, 0) is 0 Å². The number of methoxy groups -OCH3 is 1. The van der Waals surface area contributed by atoms with Gasteiger partial charge in [-0.2, -0.15) is 0 Å². The number of unbranched alkanes of at least 4 members (excludes halogenated alkanes) is 1. The van der Waals surface area contributed by atoms with Crippen LogP contribution in [0.5, 0.6) is 11.5 Å². The minimum absolute atomic E-state index is 0.00706. The van der Waals surface area contributed by atoms with E-state index in [-0.39, 0.29) is 6.10 Å². The van der Waals surface area contributed by atoms with Crippen LogP contribution in [0.3, 0.4) is 0 Å². The Morgan fingerprint density at radius 1 is 1.32 bits per heavy atom. The molecule has 0 radical (unpaired) electrons. The number of guanidine groups is 1. The zero-order chi connectivity index (χ0) is 16.4. The Hall–Kier alpha value is -1.91. The molecule has 0 aliphatic carbocycles. The average molecular weight is 307 g/mol. The average Bonchev–Trinajstić information content (AvgIpc) is 2.53. The standard InChI is InChI=1S/C17H29N3O2/c1-6-7-12-20(4)17(18-3)19-13-14(2)22-16-11-9-8-10-15(16)21-5/h8-11,14H,6-7,12-13H2,1-5H3,(H,18,19). The van der Waals surface area contributed by atoms with Gasteiger partial charge in [0.2, 0.25) is 0 Å². The number of ether oxygens (including phenoxy) is 2. The Bertz CT molecular complexity index is 463. The lowest BCUT2D eigenvalue weighted by Crippen LogP contribution is -2.43. The molecule has 0 heterocycles. The summed E-state index contributed by atoms with van der Waals surface area (Å²) >= 11 is 0. The highest BCUT2D eigenvalue weighted by Gasteiger charge is 2.11. The van der Waals surface area contributed by atoms with Crippen LogP contribution in [0.15, 0.2) is 29.3 Å². The largest absolute Gasteiger partial charge is 0.493 e. The first-order valence-electron chi connectivity index (χ1n) is 7.83. The molecule has 1 rings (SSSR count). The van der Waals surface area contributed by atoms with Gasteiger partial charge in [0.25, 0.3) is 0 Å². The predicted molar refractivity (Wildman–Crippen MR) is 92.0 cm³/mol. The topological polar surface area (TPSA) is 46.1 Å². The Morgan fingerprint density at radius 3 is 2.59 bits per heavy atom. The molecule has 1 atom stereocenters. The van der Waals surface area contributed by atoms with Gasteiger partial charge in [0.05, 0.1) is 13.7 Å². The Kier molecular flexibility index (Phi) is 8.18. The molecular weight excluding hydrogens is 278 g/mol.